The fourth-order valence-electron chi connectivity index (χ4n) is 1.98. The van der Waals surface area contributed by atoms with Crippen molar-refractivity contribution < 1.29 is 9.90 Å². The van der Waals surface area contributed by atoms with Crippen molar-refractivity contribution in [2.45, 2.75) is 39.0 Å². The standard InChI is InChI=1S/C15H21NO2/c1-14(2,3)11-4-6-12(7-5-11)16-10-15(8-9-15)13(17)18/h4-7,16H,8-10H2,1-3H3,(H,17,18). The lowest BCUT2D eigenvalue weighted by molar-refractivity contribution is -0.142. The number of anilines is 1. The van der Waals surface area contributed by atoms with Gasteiger partial charge in [0.25, 0.3) is 0 Å². The Hall–Kier alpha value is -1.51. The van der Waals surface area contributed by atoms with Crippen LogP contribution in [0, 0.1) is 5.41 Å². The van der Waals surface area contributed by atoms with E-state index in [1.165, 1.54) is 5.56 Å². The molecule has 0 spiro atoms. The van der Waals surface area contributed by atoms with Crippen LogP contribution < -0.4 is 5.32 Å². The van der Waals surface area contributed by atoms with Crippen LogP contribution in [0.25, 0.3) is 0 Å². The largest absolute Gasteiger partial charge is 0.481 e. The summed E-state index contributed by atoms with van der Waals surface area (Å²) in [6, 6.07) is 8.25. The second-order valence-corrected chi connectivity index (χ2v) is 6.27. The molecule has 0 saturated heterocycles. The number of carboxylic acid groups (broad SMARTS) is 1. The molecule has 1 saturated carbocycles. The van der Waals surface area contributed by atoms with Crippen molar-refractivity contribution in [1.29, 1.82) is 0 Å². The zero-order valence-electron chi connectivity index (χ0n) is 11.3. The second-order valence-electron chi connectivity index (χ2n) is 6.27. The Morgan fingerprint density at radius 3 is 2.22 bits per heavy atom. The first-order chi connectivity index (χ1) is 8.33. The quantitative estimate of drug-likeness (QED) is 0.858. The molecular formula is C15H21NO2. The highest BCUT2D eigenvalue weighted by molar-refractivity contribution is 5.78. The number of hydrogen-bond acceptors (Lipinski definition) is 2. The molecule has 0 atom stereocenters. The van der Waals surface area contributed by atoms with E-state index in [1.807, 2.05) is 12.1 Å². The first-order valence-electron chi connectivity index (χ1n) is 6.41. The molecule has 0 heterocycles. The smallest absolute Gasteiger partial charge is 0.311 e. The summed E-state index contributed by atoms with van der Waals surface area (Å²) in [5, 5.41) is 12.3. The zero-order valence-corrected chi connectivity index (χ0v) is 11.3. The van der Waals surface area contributed by atoms with Crippen LogP contribution in [0.3, 0.4) is 0 Å². The number of rotatable bonds is 4. The third-order valence-corrected chi connectivity index (χ3v) is 3.69. The number of aliphatic carboxylic acids is 1. The molecule has 1 aliphatic rings. The maximum atomic E-state index is 11.1. The molecule has 1 aromatic rings. The van der Waals surface area contributed by atoms with E-state index in [4.69, 9.17) is 5.11 Å². The summed E-state index contributed by atoms with van der Waals surface area (Å²) >= 11 is 0. The highest BCUT2D eigenvalue weighted by Crippen LogP contribution is 2.45. The molecule has 0 aliphatic heterocycles. The van der Waals surface area contributed by atoms with E-state index in [0.29, 0.717) is 6.54 Å². The Labute approximate surface area is 108 Å². The summed E-state index contributed by atoms with van der Waals surface area (Å²) in [6.07, 6.45) is 1.57. The van der Waals surface area contributed by atoms with Gasteiger partial charge in [0.05, 0.1) is 5.41 Å². The normalized spacial score (nSPS) is 17.3. The molecule has 1 aliphatic carbocycles. The fourth-order valence-corrected chi connectivity index (χ4v) is 1.98. The maximum absolute atomic E-state index is 11.1. The van der Waals surface area contributed by atoms with Crippen LogP contribution in [0.2, 0.25) is 0 Å². The summed E-state index contributed by atoms with van der Waals surface area (Å²) in [7, 11) is 0. The Balaban J connectivity index is 1.97. The first-order valence-corrected chi connectivity index (χ1v) is 6.41. The van der Waals surface area contributed by atoms with Gasteiger partial charge in [-0.15, -0.1) is 0 Å². The predicted octanol–water partition coefficient (Wildman–Crippen LogP) is 3.26. The third-order valence-electron chi connectivity index (χ3n) is 3.69. The van der Waals surface area contributed by atoms with Gasteiger partial charge in [-0.25, -0.2) is 0 Å². The molecule has 0 radical (unpaired) electrons. The average molecular weight is 247 g/mol. The van der Waals surface area contributed by atoms with Gasteiger partial charge in [0.1, 0.15) is 0 Å². The highest BCUT2D eigenvalue weighted by atomic mass is 16.4. The van der Waals surface area contributed by atoms with Crippen LogP contribution in [0.4, 0.5) is 5.69 Å². The van der Waals surface area contributed by atoms with Crippen molar-refractivity contribution in [2.75, 3.05) is 11.9 Å². The third kappa shape index (κ3) is 2.66. The van der Waals surface area contributed by atoms with Gasteiger partial charge in [-0.05, 0) is 36.0 Å². The lowest BCUT2D eigenvalue weighted by Gasteiger charge is -2.19. The minimum Gasteiger partial charge on any atom is -0.481 e. The Bertz CT molecular complexity index is 439. The van der Waals surface area contributed by atoms with Gasteiger partial charge in [0.2, 0.25) is 0 Å². The van der Waals surface area contributed by atoms with Crippen LogP contribution in [0.5, 0.6) is 0 Å². The molecule has 2 N–H and O–H groups in total. The van der Waals surface area contributed by atoms with Crippen molar-refractivity contribution in [3.63, 3.8) is 0 Å². The number of benzene rings is 1. The van der Waals surface area contributed by atoms with Gasteiger partial charge in [-0.1, -0.05) is 32.9 Å². The van der Waals surface area contributed by atoms with E-state index in [9.17, 15) is 4.79 Å². The topological polar surface area (TPSA) is 49.3 Å². The van der Waals surface area contributed by atoms with Gasteiger partial charge < -0.3 is 10.4 Å². The van der Waals surface area contributed by atoms with Crippen molar-refractivity contribution in [3.05, 3.63) is 29.8 Å². The minimum atomic E-state index is -0.679. The summed E-state index contributed by atoms with van der Waals surface area (Å²) in [4.78, 5) is 11.1. The number of carboxylic acids is 1. The van der Waals surface area contributed by atoms with Crippen LogP contribution in [-0.4, -0.2) is 17.6 Å². The van der Waals surface area contributed by atoms with Crippen molar-refractivity contribution in [3.8, 4) is 0 Å². The molecule has 0 amide bonds. The molecule has 0 aromatic heterocycles. The second kappa shape index (κ2) is 4.30. The molecule has 18 heavy (non-hydrogen) atoms. The Morgan fingerprint density at radius 1 is 1.28 bits per heavy atom. The van der Waals surface area contributed by atoms with E-state index < -0.39 is 11.4 Å². The summed E-state index contributed by atoms with van der Waals surface area (Å²) in [6.45, 7) is 7.06. The van der Waals surface area contributed by atoms with Crippen LogP contribution in [0.1, 0.15) is 39.2 Å². The molecule has 0 bridgehead atoms. The van der Waals surface area contributed by atoms with E-state index in [2.05, 4.69) is 38.2 Å². The molecule has 0 unspecified atom stereocenters. The van der Waals surface area contributed by atoms with Crippen LogP contribution >= 0.6 is 0 Å². The highest BCUT2D eigenvalue weighted by Gasteiger charge is 2.49. The molecule has 98 valence electrons. The van der Waals surface area contributed by atoms with Gasteiger partial charge in [0.15, 0.2) is 0 Å². The molecule has 1 fully saturated rings. The molecule has 1 aromatic carbocycles. The van der Waals surface area contributed by atoms with Crippen molar-refractivity contribution in [1.82, 2.24) is 0 Å². The van der Waals surface area contributed by atoms with Crippen LogP contribution in [-0.2, 0) is 10.2 Å². The zero-order chi connectivity index (χ0) is 13.4. The van der Waals surface area contributed by atoms with Gasteiger partial charge in [0, 0.05) is 12.2 Å². The lowest BCUT2D eigenvalue weighted by Crippen LogP contribution is -2.24. The lowest BCUT2D eigenvalue weighted by atomic mass is 9.87. The van der Waals surface area contributed by atoms with Gasteiger partial charge >= 0.3 is 5.97 Å². The number of carbonyl (C=O) groups is 1. The Kier molecular flexibility index (Phi) is 3.09. The first kappa shape index (κ1) is 12.9. The van der Waals surface area contributed by atoms with E-state index in [-0.39, 0.29) is 5.41 Å². The molecule has 2 rings (SSSR count). The molecular weight excluding hydrogens is 226 g/mol. The number of nitrogens with one attached hydrogen (secondary N) is 1. The molecule has 3 nitrogen and oxygen atoms in total. The van der Waals surface area contributed by atoms with E-state index in [0.717, 1.165) is 18.5 Å². The van der Waals surface area contributed by atoms with Gasteiger partial charge in [-0.3, -0.25) is 4.79 Å². The average Bonchev–Trinajstić information content (AvgIpc) is 3.07. The molecule has 3 heteroatoms. The van der Waals surface area contributed by atoms with Crippen molar-refractivity contribution in [2.24, 2.45) is 5.41 Å². The summed E-state index contributed by atoms with van der Waals surface area (Å²) < 4.78 is 0. The SMILES string of the molecule is CC(C)(C)c1ccc(NCC2(C(=O)O)CC2)cc1. The van der Waals surface area contributed by atoms with Crippen LogP contribution in [0.15, 0.2) is 24.3 Å². The van der Waals surface area contributed by atoms with E-state index in [1.54, 1.807) is 0 Å². The Morgan fingerprint density at radius 2 is 1.83 bits per heavy atom. The monoisotopic (exact) mass is 247 g/mol. The maximum Gasteiger partial charge on any atom is 0.311 e. The summed E-state index contributed by atoms with van der Waals surface area (Å²) in [5.41, 5.74) is 1.92. The summed E-state index contributed by atoms with van der Waals surface area (Å²) in [5.74, 6) is -0.679. The van der Waals surface area contributed by atoms with E-state index >= 15 is 0 Å². The minimum absolute atomic E-state index is 0.150. The number of hydrogen-bond donors (Lipinski definition) is 2. The fraction of sp³-hybridized carbons (Fsp3) is 0.533. The van der Waals surface area contributed by atoms with Crippen molar-refractivity contribution >= 4 is 11.7 Å². The predicted molar refractivity (Wildman–Crippen MR) is 72.9 cm³/mol. The van der Waals surface area contributed by atoms with Gasteiger partial charge in [-0.2, -0.15) is 0 Å².